The van der Waals surface area contributed by atoms with Crippen LogP contribution >= 0.6 is 12.4 Å². The Morgan fingerprint density at radius 3 is 2.52 bits per heavy atom. The molecule has 0 spiro atoms. The maximum Gasteiger partial charge on any atom is 0.211 e. The lowest BCUT2D eigenvalue weighted by atomic mass is 9.91. The smallest absolute Gasteiger partial charge is 0.211 e. The Balaban J connectivity index is 0.00000220. The Hall–Kier alpha value is 0.120. The second kappa shape index (κ2) is 8.67. The van der Waals surface area contributed by atoms with Crippen LogP contribution in [0.5, 0.6) is 0 Å². The highest BCUT2D eigenvalue weighted by Gasteiger charge is 2.35. The number of halogens is 1. The van der Waals surface area contributed by atoms with Crippen LogP contribution in [-0.2, 0) is 14.8 Å². The van der Waals surface area contributed by atoms with Crippen molar-refractivity contribution in [2.75, 3.05) is 32.6 Å². The number of sulfonamides is 1. The average molecular weight is 341 g/mol. The molecule has 0 aromatic heterocycles. The van der Waals surface area contributed by atoms with E-state index in [1.54, 1.807) is 7.11 Å². The molecule has 0 aromatic rings. The van der Waals surface area contributed by atoms with Gasteiger partial charge in [0, 0.05) is 13.7 Å². The third-order valence-corrected chi connectivity index (χ3v) is 6.06. The molecule has 1 saturated carbocycles. The molecule has 0 bridgehead atoms. The van der Waals surface area contributed by atoms with Crippen LogP contribution in [0, 0.1) is 5.92 Å². The van der Waals surface area contributed by atoms with Gasteiger partial charge in [0.15, 0.2) is 0 Å². The lowest BCUT2D eigenvalue weighted by molar-refractivity contribution is 0.122. The first-order valence-corrected chi connectivity index (χ1v) is 9.42. The van der Waals surface area contributed by atoms with Gasteiger partial charge >= 0.3 is 0 Å². The van der Waals surface area contributed by atoms with E-state index >= 15 is 0 Å². The number of nitrogens with one attached hydrogen (secondary N) is 2. The van der Waals surface area contributed by atoms with Crippen molar-refractivity contribution in [2.24, 2.45) is 5.92 Å². The topological polar surface area (TPSA) is 67.4 Å². The summed E-state index contributed by atoms with van der Waals surface area (Å²) in [5.41, 5.74) is -0.214. The molecule has 1 aliphatic carbocycles. The molecule has 1 saturated heterocycles. The summed E-state index contributed by atoms with van der Waals surface area (Å²) in [4.78, 5) is 0. The largest absolute Gasteiger partial charge is 0.383 e. The Morgan fingerprint density at radius 1 is 1.24 bits per heavy atom. The van der Waals surface area contributed by atoms with Crippen LogP contribution < -0.4 is 10.0 Å². The molecule has 1 aliphatic heterocycles. The minimum absolute atomic E-state index is 0. The fourth-order valence-corrected chi connectivity index (χ4v) is 5.01. The summed E-state index contributed by atoms with van der Waals surface area (Å²) in [5.74, 6) is 0.631. The van der Waals surface area contributed by atoms with Crippen LogP contribution in [0.4, 0.5) is 0 Å². The molecule has 0 radical (unpaired) electrons. The quantitative estimate of drug-likeness (QED) is 0.740. The summed E-state index contributed by atoms with van der Waals surface area (Å²) in [6, 6.07) is 0. The molecule has 2 fully saturated rings. The molecule has 1 unspecified atom stereocenters. The van der Waals surface area contributed by atoms with Crippen LogP contribution in [0.25, 0.3) is 0 Å². The maximum atomic E-state index is 12.2. The number of rotatable bonds is 7. The van der Waals surface area contributed by atoms with Gasteiger partial charge in [-0.05, 0) is 38.1 Å². The summed E-state index contributed by atoms with van der Waals surface area (Å²) in [6.07, 6.45) is 7.76. The minimum atomic E-state index is -3.17. The van der Waals surface area contributed by atoms with Crippen molar-refractivity contribution in [1.29, 1.82) is 0 Å². The standard InChI is InChI=1S/C14H28N2O3S.ClH/c1-19-12-14(8-5-9-15-14)11-16-20(17,18)10-13-6-3-2-4-7-13;/h13,15-16H,2-12H2,1H3;1H. The van der Waals surface area contributed by atoms with E-state index in [1.165, 1.54) is 19.3 Å². The predicted octanol–water partition coefficient (Wildman–Crippen LogP) is 1.68. The summed E-state index contributed by atoms with van der Waals surface area (Å²) in [5, 5.41) is 3.40. The summed E-state index contributed by atoms with van der Waals surface area (Å²) < 4.78 is 32.5. The van der Waals surface area contributed by atoms with Gasteiger partial charge in [-0.3, -0.25) is 0 Å². The molecule has 1 atom stereocenters. The van der Waals surface area contributed by atoms with Crippen LogP contribution in [0.2, 0.25) is 0 Å². The highest BCUT2D eigenvalue weighted by atomic mass is 35.5. The molecular weight excluding hydrogens is 312 g/mol. The Bertz CT molecular complexity index is 391. The molecule has 126 valence electrons. The number of hydrogen-bond donors (Lipinski definition) is 2. The van der Waals surface area contributed by atoms with Gasteiger partial charge in [-0.2, -0.15) is 0 Å². The first-order chi connectivity index (χ1) is 9.55. The molecule has 7 heteroatoms. The molecule has 0 aromatic carbocycles. The van der Waals surface area contributed by atoms with E-state index in [0.717, 1.165) is 32.2 Å². The van der Waals surface area contributed by atoms with Gasteiger partial charge in [0.05, 0.1) is 17.9 Å². The molecule has 2 rings (SSSR count). The van der Waals surface area contributed by atoms with Crippen molar-refractivity contribution in [1.82, 2.24) is 10.0 Å². The SMILES string of the molecule is COCC1(CNS(=O)(=O)CC2CCCCC2)CCCN1.Cl. The Morgan fingerprint density at radius 2 is 1.95 bits per heavy atom. The second-order valence-electron chi connectivity index (χ2n) is 6.35. The molecule has 2 N–H and O–H groups in total. The van der Waals surface area contributed by atoms with Crippen LogP contribution in [0.1, 0.15) is 44.9 Å². The van der Waals surface area contributed by atoms with E-state index in [4.69, 9.17) is 4.74 Å². The molecule has 5 nitrogen and oxygen atoms in total. The summed E-state index contributed by atoms with van der Waals surface area (Å²) in [7, 11) is -1.51. The highest BCUT2D eigenvalue weighted by Crippen LogP contribution is 2.25. The van der Waals surface area contributed by atoms with Gasteiger partial charge in [-0.1, -0.05) is 19.3 Å². The van der Waals surface area contributed by atoms with Gasteiger partial charge in [0.2, 0.25) is 10.0 Å². The maximum absolute atomic E-state index is 12.2. The fraction of sp³-hybridized carbons (Fsp3) is 1.00. The van der Waals surface area contributed by atoms with E-state index < -0.39 is 10.0 Å². The lowest BCUT2D eigenvalue weighted by Crippen LogP contribution is -2.53. The minimum Gasteiger partial charge on any atom is -0.383 e. The zero-order chi connectivity index (χ0) is 14.5. The zero-order valence-electron chi connectivity index (χ0n) is 12.9. The van der Waals surface area contributed by atoms with Crippen LogP contribution in [-0.4, -0.2) is 46.5 Å². The van der Waals surface area contributed by atoms with Gasteiger partial charge in [0.1, 0.15) is 0 Å². The van der Waals surface area contributed by atoms with Crippen molar-refractivity contribution in [3.63, 3.8) is 0 Å². The van der Waals surface area contributed by atoms with E-state index in [9.17, 15) is 8.42 Å². The van der Waals surface area contributed by atoms with Gasteiger partial charge in [-0.25, -0.2) is 13.1 Å². The summed E-state index contributed by atoms with van der Waals surface area (Å²) >= 11 is 0. The third-order valence-electron chi connectivity index (χ3n) is 4.56. The van der Waals surface area contributed by atoms with E-state index in [2.05, 4.69) is 10.0 Å². The van der Waals surface area contributed by atoms with Crippen molar-refractivity contribution in [3.8, 4) is 0 Å². The van der Waals surface area contributed by atoms with E-state index in [0.29, 0.717) is 19.1 Å². The first kappa shape index (κ1) is 19.2. The van der Waals surface area contributed by atoms with E-state index in [-0.39, 0.29) is 23.7 Å². The molecule has 1 heterocycles. The van der Waals surface area contributed by atoms with Crippen molar-refractivity contribution in [2.45, 2.75) is 50.5 Å². The van der Waals surface area contributed by atoms with Crippen LogP contribution in [0.15, 0.2) is 0 Å². The van der Waals surface area contributed by atoms with Gasteiger partial charge in [0.25, 0.3) is 0 Å². The molecular formula is C14H29ClN2O3S. The molecule has 0 amide bonds. The van der Waals surface area contributed by atoms with Crippen molar-refractivity contribution in [3.05, 3.63) is 0 Å². The monoisotopic (exact) mass is 340 g/mol. The lowest BCUT2D eigenvalue weighted by Gasteiger charge is -2.29. The molecule has 2 aliphatic rings. The Labute approximate surface area is 135 Å². The van der Waals surface area contributed by atoms with Crippen LogP contribution in [0.3, 0.4) is 0 Å². The second-order valence-corrected chi connectivity index (χ2v) is 8.20. The van der Waals surface area contributed by atoms with Gasteiger partial charge < -0.3 is 10.1 Å². The normalized spacial score (nSPS) is 27.5. The third kappa shape index (κ3) is 6.02. The summed E-state index contributed by atoms with van der Waals surface area (Å²) in [6.45, 7) is 1.93. The van der Waals surface area contributed by atoms with Crippen molar-refractivity contribution < 1.29 is 13.2 Å². The molecule has 21 heavy (non-hydrogen) atoms. The average Bonchev–Trinajstić information content (AvgIpc) is 2.87. The van der Waals surface area contributed by atoms with Crippen molar-refractivity contribution >= 4 is 22.4 Å². The number of ether oxygens (including phenoxy) is 1. The number of methoxy groups -OCH3 is 1. The predicted molar refractivity (Wildman–Crippen MR) is 87.5 cm³/mol. The highest BCUT2D eigenvalue weighted by molar-refractivity contribution is 7.89. The Kier molecular flexibility index (Phi) is 7.92. The number of hydrogen-bond acceptors (Lipinski definition) is 4. The van der Waals surface area contributed by atoms with Gasteiger partial charge in [-0.15, -0.1) is 12.4 Å². The zero-order valence-corrected chi connectivity index (χ0v) is 14.5. The first-order valence-electron chi connectivity index (χ1n) is 7.77. The van der Waals surface area contributed by atoms with E-state index in [1.807, 2.05) is 0 Å². The fourth-order valence-electron chi connectivity index (χ4n) is 3.44.